The van der Waals surface area contributed by atoms with E-state index in [9.17, 15) is 0 Å². The highest BCUT2D eigenvalue weighted by Crippen LogP contribution is 2.32. The first kappa shape index (κ1) is 22.7. The molecule has 0 unspecified atom stereocenters. The number of para-hydroxylation sites is 1. The van der Waals surface area contributed by atoms with Crippen LogP contribution >= 0.6 is 0 Å². The Morgan fingerprint density at radius 2 is 1.88 bits per heavy atom. The molecular formula is C27H36N6O. The van der Waals surface area contributed by atoms with E-state index in [1.54, 1.807) is 0 Å². The van der Waals surface area contributed by atoms with E-state index in [0.29, 0.717) is 12.0 Å². The van der Waals surface area contributed by atoms with E-state index in [1.165, 1.54) is 24.1 Å². The molecule has 2 N–H and O–H groups in total. The Labute approximate surface area is 202 Å². The quantitative estimate of drug-likeness (QED) is 0.545. The summed E-state index contributed by atoms with van der Waals surface area (Å²) in [4.78, 5) is 13.9. The molecule has 3 aromatic rings. The van der Waals surface area contributed by atoms with Crippen LogP contribution in [-0.4, -0.2) is 56.8 Å². The predicted molar refractivity (Wildman–Crippen MR) is 140 cm³/mol. The molecule has 1 fully saturated rings. The molecule has 2 aromatic carbocycles. The van der Waals surface area contributed by atoms with Crippen LogP contribution in [0.2, 0.25) is 0 Å². The molecule has 34 heavy (non-hydrogen) atoms. The number of likely N-dealkylation sites (N-methyl/N-ethyl adjacent to an activating group) is 1. The summed E-state index contributed by atoms with van der Waals surface area (Å²) in [5.74, 6) is 3.43. The van der Waals surface area contributed by atoms with Crippen molar-refractivity contribution in [3.8, 4) is 5.75 Å². The molecule has 2 aliphatic rings. The van der Waals surface area contributed by atoms with E-state index >= 15 is 0 Å². The van der Waals surface area contributed by atoms with Gasteiger partial charge in [0.25, 0.3) is 0 Å². The molecule has 1 aromatic heterocycles. The lowest BCUT2D eigenvalue weighted by Crippen LogP contribution is -2.32. The molecule has 0 radical (unpaired) electrons. The van der Waals surface area contributed by atoms with Crippen molar-refractivity contribution >= 4 is 28.4 Å². The normalized spacial score (nSPS) is 20.0. The van der Waals surface area contributed by atoms with Crippen LogP contribution in [0.1, 0.15) is 31.2 Å². The maximum absolute atomic E-state index is 5.85. The van der Waals surface area contributed by atoms with Crippen molar-refractivity contribution < 1.29 is 4.74 Å². The minimum absolute atomic E-state index is 0.433. The van der Waals surface area contributed by atoms with Crippen LogP contribution < -0.4 is 25.2 Å². The first-order chi connectivity index (χ1) is 16.6. The number of rotatable bonds is 7. The van der Waals surface area contributed by atoms with Crippen molar-refractivity contribution in [2.24, 2.45) is 5.92 Å². The molecule has 7 nitrogen and oxygen atoms in total. The van der Waals surface area contributed by atoms with E-state index in [1.807, 2.05) is 26.2 Å². The molecule has 180 valence electrons. The molecule has 5 rings (SSSR count). The second kappa shape index (κ2) is 10.1. The lowest BCUT2D eigenvalue weighted by atomic mass is 9.86. The Balaban J connectivity index is 1.11. The zero-order chi connectivity index (χ0) is 23.5. The molecule has 0 saturated heterocycles. The number of ether oxygens (including phenoxy) is 1. The first-order valence-corrected chi connectivity index (χ1v) is 12.4. The summed E-state index contributed by atoms with van der Waals surface area (Å²) < 4.78 is 5.85. The zero-order valence-corrected chi connectivity index (χ0v) is 20.6. The predicted octanol–water partition coefficient (Wildman–Crippen LogP) is 4.28. The van der Waals surface area contributed by atoms with Gasteiger partial charge in [-0.15, -0.1) is 0 Å². The Bertz CT molecular complexity index is 1130. The summed E-state index contributed by atoms with van der Waals surface area (Å²) in [7, 11) is 6.19. The van der Waals surface area contributed by atoms with Crippen molar-refractivity contribution in [2.45, 2.75) is 38.3 Å². The summed E-state index contributed by atoms with van der Waals surface area (Å²) in [6.45, 7) is 3.66. The van der Waals surface area contributed by atoms with Gasteiger partial charge < -0.3 is 25.2 Å². The molecule has 0 spiro atoms. The monoisotopic (exact) mass is 460 g/mol. The molecule has 0 bridgehead atoms. The van der Waals surface area contributed by atoms with Crippen LogP contribution in [0.4, 0.5) is 17.5 Å². The van der Waals surface area contributed by atoms with Crippen molar-refractivity contribution in [3.63, 3.8) is 0 Å². The van der Waals surface area contributed by atoms with Gasteiger partial charge in [0, 0.05) is 39.1 Å². The third-order valence-corrected chi connectivity index (χ3v) is 7.07. The van der Waals surface area contributed by atoms with Crippen LogP contribution in [-0.2, 0) is 6.54 Å². The molecule has 7 heteroatoms. The molecule has 1 aliphatic heterocycles. The molecule has 1 aliphatic carbocycles. The van der Waals surface area contributed by atoms with Crippen molar-refractivity contribution in [2.75, 3.05) is 56.0 Å². The van der Waals surface area contributed by atoms with Gasteiger partial charge in [-0.3, -0.25) is 0 Å². The van der Waals surface area contributed by atoms with Gasteiger partial charge in [-0.2, -0.15) is 4.98 Å². The fourth-order valence-corrected chi connectivity index (χ4v) is 5.09. The van der Waals surface area contributed by atoms with E-state index in [-0.39, 0.29) is 0 Å². The lowest BCUT2D eigenvalue weighted by Gasteiger charge is -2.30. The third kappa shape index (κ3) is 5.04. The summed E-state index contributed by atoms with van der Waals surface area (Å²) >= 11 is 0. The highest BCUT2D eigenvalue weighted by Gasteiger charge is 2.22. The standard InChI is InChI=1S/C27H36N6O/c1-32(2)26-22-6-4-5-7-23(22)30-27(31-26)29-21-11-8-19(9-12-21)17-28-18-20-10-13-24-25(16-20)34-15-14-33(24)3/h4-7,10,13,16,19,21,28H,8-9,11-12,14-15,17-18H2,1-3H3,(H,29,30,31). The van der Waals surface area contributed by atoms with Crippen molar-refractivity contribution in [3.05, 3.63) is 48.0 Å². The van der Waals surface area contributed by atoms with Crippen molar-refractivity contribution in [1.29, 1.82) is 0 Å². The van der Waals surface area contributed by atoms with Gasteiger partial charge in [0.05, 0.1) is 17.7 Å². The number of anilines is 3. The largest absolute Gasteiger partial charge is 0.490 e. The maximum Gasteiger partial charge on any atom is 0.225 e. The van der Waals surface area contributed by atoms with Crippen LogP contribution in [0.5, 0.6) is 5.75 Å². The van der Waals surface area contributed by atoms with Crippen LogP contribution in [0.15, 0.2) is 42.5 Å². The summed E-state index contributed by atoms with van der Waals surface area (Å²) in [5, 5.41) is 8.38. The van der Waals surface area contributed by atoms with Gasteiger partial charge in [-0.05, 0) is 68.0 Å². The second-order valence-electron chi connectivity index (χ2n) is 9.85. The highest BCUT2D eigenvalue weighted by atomic mass is 16.5. The maximum atomic E-state index is 5.85. The molecular weight excluding hydrogens is 424 g/mol. The van der Waals surface area contributed by atoms with E-state index in [4.69, 9.17) is 14.7 Å². The molecule has 2 heterocycles. The van der Waals surface area contributed by atoms with Gasteiger partial charge in [0.1, 0.15) is 18.2 Å². The topological polar surface area (TPSA) is 65.6 Å². The van der Waals surface area contributed by atoms with E-state index in [2.05, 4.69) is 57.8 Å². The van der Waals surface area contributed by atoms with E-state index < -0.39 is 0 Å². The van der Waals surface area contributed by atoms with Gasteiger partial charge in [-0.1, -0.05) is 18.2 Å². The molecule has 0 amide bonds. The van der Waals surface area contributed by atoms with Crippen LogP contribution in [0, 0.1) is 5.92 Å². The number of aromatic nitrogens is 2. The smallest absolute Gasteiger partial charge is 0.225 e. The number of fused-ring (bicyclic) bond motifs is 2. The third-order valence-electron chi connectivity index (χ3n) is 7.07. The lowest BCUT2D eigenvalue weighted by molar-refractivity contribution is 0.310. The Hall–Kier alpha value is -3.06. The summed E-state index contributed by atoms with van der Waals surface area (Å²) in [6.07, 6.45) is 4.74. The minimum Gasteiger partial charge on any atom is -0.490 e. The summed E-state index contributed by atoms with van der Waals surface area (Å²) in [5.41, 5.74) is 3.46. The zero-order valence-electron chi connectivity index (χ0n) is 20.6. The number of hydrogen-bond donors (Lipinski definition) is 2. The summed E-state index contributed by atoms with van der Waals surface area (Å²) in [6, 6.07) is 15.2. The fourth-order valence-electron chi connectivity index (χ4n) is 5.09. The highest BCUT2D eigenvalue weighted by molar-refractivity contribution is 5.90. The van der Waals surface area contributed by atoms with Crippen LogP contribution in [0.25, 0.3) is 10.9 Å². The second-order valence-corrected chi connectivity index (χ2v) is 9.85. The minimum atomic E-state index is 0.433. The van der Waals surface area contributed by atoms with Crippen molar-refractivity contribution in [1.82, 2.24) is 15.3 Å². The number of hydrogen-bond acceptors (Lipinski definition) is 7. The Morgan fingerprint density at radius 1 is 1.06 bits per heavy atom. The van der Waals surface area contributed by atoms with Gasteiger partial charge in [0.15, 0.2) is 0 Å². The van der Waals surface area contributed by atoms with Gasteiger partial charge in [-0.25, -0.2) is 4.98 Å². The van der Waals surface area contributed by atoms with Gasteiger partial charge in [0.2, 0.25) is 5.95 Å². The average molecular weight is 461 g/mol. The SMILES string of the molecule is CN(C)c1nc(NC2CCC(CNCc3ccc4c(c3)OCCN4C)CC2)nc2ccccc12. The molecule has 0 atom stereocenters. The van der Waals surface area contributed by atoms with E-state index in [0.717, 1.165) is 67.5 Å². The number of nitrogens with zero attached hydrogens (tertiary/aromatic N) is 4. The molecule has 1 saturated carbocycles. The number of benzene rings is 2. The number of nitrogens with one attached hydrogen (secondary N) is 2. The van der Waals surface area contributed by atoms with Crippen LogP contribution in [0.3, 0.4) is 0 Å². The average Bonchev–Trinajstić information content (AvgIpc) is 2.85. The Kier molecular flexibility index (Phi) is 6.72. The Morgan fingerprint density at radius 3 is 2.71 bits per heavy atom. The fraction of sp³-hybridized carbons (Fsp3) is 0.481. The van der Waals surface area contributed by atoms with Gasteiger partial charge >= 0.3 is 0 Å². The first-order valence-electron chi connectivity index (χ1n) is 12.4.